The van der Waals surface area contributed by atoms with Gasteiger partial charge in [0.15, 0.2) is 5.13 Å². The van der Waals surface area contributed by atoms with Crippen LogP contribution < -0.4 is 4.90 Å². The van der Waals surface area contributed by atoms with Crippen LogP contribution in [0.1, 0.15) is 11.3 Å². The smallest absolute Gasteiger partial charge is 0.187 e. The number of nitrogens with zero attached hydrogens (tertiary/aromatic N) is 2. The summed E-state index contributed by atoms with van der Waals surface area (Å²) in [6.07, 6.45) is 3.15. The third kappa shape index (κ3) is 2.98. The van der Waals surface area contributed by atoms with Crippen LogP contribution in [0, 0.1) is 0 Å². The average Bonchev–Trinajstić information content (AvgIpc) is 2.72. The van der Waals surface area contributed by atoms with Crippen molar-refractivity contribution >= 4 is 28.1 Å². The van der Waals surface area contributed by atoms with Gasteiger partial charge in [-0.05, 0) is 12.0 Å². The van der Waals surface area contributed by atoms with Crippen LogP contribution in [-0.2, 0) is 11.3 Å². The Kier molecular flexibility index (Phi) is 4.39. The molecule has 1 aromatic rings. The van der Waals surface area contributed by atoms with Crippen molar-refractivity contribution in [1.82, 2.24) is 4.98 Å². The Bertz CT molecular complexity index is 420. The number of ether oxygens (including phenoxy) is 1. The summed E-state index contributed by atoms with van der Waals surface area (Å²) in [6, 6.07) is 0. The molecule has 2 rings (SSSR count). The van der Waals surface area contributed by atoms with Crippen molar-refractivity contribution in [2.75, 3.05) is 31.7 Å². The number of aromatic nitrogens is 1. The van der Waals surface area contributed by atoms with Crippen LogP contribution in [0.4, 0.5) is 5.13 Å². The Morgan fingerprint density at radius 3 is 3.00 bits per heavy atom. The molecule has 1 aliphatic rings. The van der Waals surface area contributed by atoms with Crippen molar-refractivity contribution in [2.45, 2.75) is 13.0 Å². The molecule has 6 heteroatoms. The van der Waals surface area contributed by atoms with Gasteiger partial charge in [-0.3, -0.25) is 0 Å². The lowest BCUT2D eigenvalue weighted by Crippen LogP contribution is -2.29. The summed E-state index contributed by atoms with van der Waals surface area (Å²) in [4.78, 5) is 7.16. The quantitative estimate of drug-likeness (QED) is 0.854. The molecule has 0 saturated heterocycles. The van der Waals surface area contributed by atoms with Crippen LogP contribution in [0.3, 0.4) is 0 Å². The van der Waals surface area contributed by atoms with Gasteiger partial charge < -0.3 is 14.7 Å². The second-order valence-electron chi connectivity index (χ2n) is 3.86. The summed E-state index contributed by atoms with van der Waals surface area (Å²) >= 11 is 7.37. The van der Waals surface area contributed by atoms with E-state index in [1.54, 1.807) is 7.11 Å². The highest BCUT2D eigenvalue weighted by atomic mass is 35.5. The van der Waals surface area contributed by atoms with Crippen LogP contribution in [0.2, 0.25) is 5.15 Å². The van der Waals surface area contributed by atoms with Gasteiger partial charge in [0.25, 0.3) is 0 Å². The number of hydrogen-bond acceptors (Lipinski definition) is 5. The first kappa shape index (κ1) is 12.8. The van der Waals surface area contributed by atoms with E-state index in [-0.39, 0.29) is 6.61 Å². The highest BCUT2D eigenvalue weighted by Crippen LogP contribution is 2.30. The number of methoxy groups -OCH3 is 1. The first-order chi connectivity index (χ1) is 8.24. The lowest BCUT2D eigenvalue weighted by atomic mass is 10.1. The Balaban J connectivity index is 2.05. The van der Waals surface area contributed by atoms with Crippen molar-refractivity contribution in [2.24, 2.45) is 0 Å². The number of rotatable bonds is 4. The summed E-state index contributed by atoms with van der Waals surface area (Å²) in [6.45, 7) is 2.40. The van der Waals surface area contributed by atoms with E-state index in [0.717, 1.165) is 29.5 Å². The number of thiazole rings is 1. The molecule has 2 heterocycles. The maximum Gasteiger partial charge on any atom is 0.187 e. The molecule has 17 heavy (non-hydrogen) atoms. The molecule has 0 spiro atoms. The van der Waals surface area contributed by atoms with E-state index in [0.29, 0.717) is 11.8 Å². The van der Waals surface area contributed by atoms with E-state index in [9.17, 15) is 0 Å². The minimum absolute atomic E-state index is 0.0465. The first-order valence-corrected chi connectivity index (χ1v) is 6.62. The Morgan fingerprint density at radius 2 is 2.47 bits per heavy atom. The van der Waals surface area contributed by atoms with Gasteiger partial charge in [-0.15, -0.1) is 0 Å². The van der Waals surface area contributed by atoms with Crippen molar-refractivity contribution in [3.05, 3.63) is 21.7 Å². The third-order valence-electron chi connectivity index (χ3n) is 2.69. The molecule has 0 aromatic carbocycles. The van der Waals surface area contributed by atoms with E-state index in [4.69, 9.17) is 21.4 Å². The molecule has 1 aromatic heterocycles. The molecule has 0 amide bonds. The lowest BCUT2D eigenvalue weighted by Gasteiger charge is -2.25. The van der Waals surface area contributed by atoms with Gasteiger partial charge in [-0.25, -0.2) is 4.98 Å². The summed E-state index contributed by atoms with van der Waals surface area (Å²) < 4.78 is 5.11. The number of halogens is 1. The summed E-state index contributed by atoms with van der Waals surface area (Å²) in [7, 11) is 1.71. The van der Waals surface area contributed by atoms with Crippen LogP contribution in [0.25, 0.3) is 0 Å². The molecule has 0 bridgehead atoms. The van der Waals surface area contributed by atoms with Crippen molar-refractivity contribution in [1.29, 1.82) is 0 Å². The number of aliphatic hydroxyl groups is 1. The van der Waals surface area contributed by atoms with Gasteiger partial charge in [0.05, 0.1) is 18.1 Å². The monoisotopic (exact) mass is 274 g/mol. The number of aliphatic hydroxyl groups excluding tert-OH is 1. The Labute approximate surface area is 109 Å². The van der Waals surface area contributed by atoms with Gasteiger partial charge in [-0.2, -0.15) is 0 Å². The van der Waals surface area contributed by atoms with E-state index in [1.807, 2.05) is 0 Å². The molecular formula is C11H15ClN2O2S. The highest BCUT2D eigenvalue weighted by Gasteiger charge is 2.17. The molecule has 0 aliphatic carbocycles. The third-order valence-corrected chi connectivity index (χ3v) is 4.21. The fourth-order valence-corrected chi connectivity index (χ4v) is 2.91. The highest BCUT2D eigenvalue weighted by molar-refractivity contribution is 7.16. The maximum absolute atomic E-state index is 9.08. The van der Waals surface area contributed by atoms with Crippen LogP contribution >= 0.6 is 22.9 Å². The van der Waals surface area contributed by atoms with Gasteiger partial charge in [0.2, 0.25) is 0 Å². The van der Waals surface area contributed by atoms with Gasteiger partial charge in [-0.1, -0.05) is 29.0 Å². The first-order valence-electron chi connectivity index (χ1n) is 5.42. The van der Waals surface area contributed by atoms with Gasteiger partial charge >= 0.3 is 0 Å². The molecule has 94 valence electrons. The van der Waals surface area contributed by atoms with E-state index >= 15 is 0 Å². The lowest BCUT2D eigenvalue weighted by molar-refractivity contribution is 0.222. The average molecular weight is 275 g/mol. The summed E-state index contributed by atoms with van der Waals surface area (Å²) in [5, 5.41) is 10.4. The summed E-state index contributed by atoms with van der Waals surface area (Å²) in [5.74, 6) is 0. The summed E-state index contributed by atoms with van der Waals surface area (Å²) in [5.41, 5.74) is 1.33. The fourth-order valence-electron chi connectivity index (χ4n) is 1.76. The topological polar surface area (TPSA) is 45.6 Å². The molecular weight excluding hydrogens is 260 g/mol. The molecule has 0 fully saturated rings. The fraction of sp³-hybridized carbons (Fsp3) is 0.545. The predicted molar refractivity (Wildman–Crippen MR) is 69.8 cm³/mol. The van der Waals surface area contributed by atoms with Crippen LogP contribution in [0.15, 0.2) is 11.6 Å². The van der Waals surface area contributed by atoms with Crippen molar-refractivity contribution in [3.63, 3.8) is 0 Å². The zero-order valence-corrected chi connectivity index (χ0v) is 11.2. The molecule has 1 N–H and O–H groups in total. The van der Waals surface area contributed by atoms with E-state index in [2.05, 4.69) is 16.0 Å². The van der Waals surface area contributed by atoms with Crippen molar-refractivity contribution in [3.8, 4) is 0 Å². The Hall–Kier alpha value is -0.620. The maximum atomic E-state index is 9.08. The van der Waals surface area contributed by atoms with E-state index in [1.165, 1.54) is 16.9 Å². The Morgan fingerprint density at radius 1 is 1.65 bits per heavy atom. The SMILES string of the molecule is COCC1=CCN(c2nc(Cl)c(CO)s2)CC1. The second-order valence-corrected chi connectivity index (χ2v) is 5.28. The standard InChI is InChI=1S/C11H15ClN2O2S/c1-16-7-8-2-4-14(5-3-8)11-13-10(12)9(6-15)17-11/h2,15H,3-7H2,1H3. The minimum Gasteiger partial charge on any atom is -0.391 e. The number of hydrogen-bond donors (Lipinski definition) is 1. The minimum atomic E-state index is -0.0465. The normalized spacial score (nSPS) is 16.2. The predicted octanol–water partition coefficient (Wildman–Crippen LogP) is 2.07. The largest absolute Gasteiger partial charge is 0.391 e. The van der Waals surface area contributed by atoms with Crippen molar-refractivity contribution < 1.29 is 9.84 Å². The van der Waals surface area contributed by atoms with Gasteiger partial charge in [0, 0.05) is 20.2 Å². The van der Waals surface area contributed by atoms with Crippen LogP contribution in [0.5, 0.6) is 0 Å². The molecule has 0 unspecified atom stereocenters. The molecule has 0 atom stereocenters. The zero-order chi connectivity index (χ0) is 12.3. The second kappa shape index (κ2) is 5.82. The molecule has 0 saturated carbocycles. The molecule has 0 radical (unpaired) electrons. The van der Waals surface area contributed by atoms with Gasteiger partial charge in [0.1, 0.15) is 5.15 Å². The molecule has 1 aliphatic heterocycles. The molecule has 4 nitrogen and oxygen atoms in total. The van der Waals surface area contributed by atoms with E-state index < -0.39 is 0 Å². The van der Waals surface area contributed by atoms with Crippen LogP contribution in [-0.4, -0.2) is 36.9 Å². The zero-order valence-electron chi connectivity index (χ0n) is 9.65. The number of anilines is 1.